The molecule has 5 N–H and O–H groups in total. The van der Waals surface area contributed by atoms with E-state index >= 15 is 0 Å². The summed E-state index contributed by atoms with van der Waals surface area (Å²) < 4.78 is 0. The van der Waals surface area contributed by atoms with Gasteiger partial charge in [0.15, 0.2) is 0 Å². The third-order valence-electron chi connectivity index (χ3n) is 8.08. The summed E-state index contributed by atoms with van der Waals surface area (Å²) in [6.45, 7) is 6.59. The Morgan fingerprint density at radius 3 is 2.40 bits per heavy atom. The van der Waals surface area contributed by atoms with Gasteiger partial charge < -0.3 is 31.3 Å². The second-order valence-corrected chi connectivity index (χ2v) is 12.0. The summed E-state index contributed by atoms with van der Waals surface area (Å²) in [6.07, 6.45) is 6.27. The number of aliphatic hydroxyl groups is 1. The molecule has 42 heavy (non-hydrogen) atoms. The van der Waals surface area contributed by atoms with Crippen molar-refractivity contribution in [3.8, 4) is 0 Å². The molecule has 3 atom stereocenters. The monoisotopic (exact) mass is 577 g/mol. The summed E-state index contributed by atoms with van der Waals surface area (Å²) in [6, 6.07) is 14.4. The normalized spacial score (nSPS) is 18.0. The van der Waals surface area contributed by atoms with E-state index in [1.54, 1.807) is 24.0 Å². The van der Waals surface area contributed by atoms with Crippen LogP contribution in [0.2, 0.25) is 0 Å². The van der Waals surface area contributed by atoms with Gasteiger partial charge in [0, 0.05) is 48.5 Å². The standard InChI is InChI=1S/C33H47N5O4/c1-22(2)35-27-18-25(19-28(20-27)38-16-10-15-31(38)40)33(42)37-29(17-24-11-6-4-7-12-24)30(39)21-34-23(3)32(41)36-26-13-8-5-9-14-26/h4,6-7,11-12,18-20,22-23,26,29-30,34-35,39H,5,8-10,13-17,21H2,1-3H3,(H,36,41)(H,37,42)/t23-,29?,30+/m0/s1. The number of carbonyl (C=O) groups excluding carboxylic acids is 3. The van der Waals surface area contributed by atoms with E-state index in [1.807, 2.05) is 50.2 Å². The van der Waals surface area contributed by atoms with Crippen LogP contribution < -0.4 is 26.2 Å². The first kappa shape index (κ1) is 31.5. The van der Waals surface area contributed by atoms with Crippen LogP contribution in [-0.4, -0.2) is 66.2 Å². The van der Waals surface area contributed by atoms with Crippen molar-refractivity contribution in [2.45, 2.75) is 102 Å². The SMILES string of the molecule is CC(C)Nc1cc(C(=O)NC(Cc2ccccc2)[C@H](O)CN[C@@H](C)C(=O)NC2CCCCC2)cc(N2CCCC2=O)c1. The minimum Gasteiger partial charge on any atom is -0.390 e. The van der Waals surface area contributed by atoms with Crippen molar-refractivity contribution in [3.05, 3.63) is 59.7 Å². The third-order valence-corrected chi connectivity index (χ3v) is 8.08. The first-order valence-corrected chi connectivity index (χ1v) is 15.5. The number of rotatable bonds is 13. The second kappa shape index (κ2) is 15.2. The van der Waals surface area contributed by atoms with Gasteiger partial charge in [-0.15, -0.1) is 0 Å². The maximum absolute atomic E-state index is 13.7. The number of carbonyl (C=O) groups is 3. The third kappa shape index (κ3) is 9.03. The first-order valence-electron chi connectivity index (χ1n) is 15.5. The van der Waals surface area contributed by atoms with Crippen LogP contribution in [0.3, 0.4) is 0 Å². The molecular weight excluding hydrogens is 530 g/mol. The smallest absolute Gasteiger partial charge is 0.251 e. The lowest BCUT2D eigenvalue weighted by molar-refractivity contribution is -0.123. The van der Waals surface area contributed by atoms with E-state index in [-0.39, 0.29) is 36.3 Å². The fourth-order valence-corrected chi connectivity index (χ4v) is 5.74. The first-order chi connectivity index (χ1) is 20.2. The predicted octanol–water partition coefficient (Wildman–Crippen LogP) is 3.76. The van der Waals surface area contributed by atoms with Gasteiger partial charge in [0.1, 0.15) is 0 Å². The molecule has 9 nitrogen and oxygen atoms in total. The quantitative estimate of drug-likeness (QED) is 0.247. The average molecular weight is 578 g/mol. The van der Waals surface area contributed by atoms with Crippen LogP contribution in [0, 0.1) is 0 Å². The van der Waals surface area contributed by atoms with Crippen molar-refractivity contribution in [1.82, 2.24) is 16.0 Å². The largest absolute Gasteiger partial charge is 0.390 e. The summed E-state index contributed by atoms with van der Waals surface area (Å²) in [5, 5.41) is 24.0. The predicted molar refractivity (Wildman–Crippen MR) is 167 cm³/mol. The Morgan fingerprint density at radius 2 is 1.74 bits per heavy atom. The van der Waals surface area contributed by atoms with Crippen LogP contribution in [-0.2, 0) is 16.0 Å². The molecule has 3 amide bonds. The zero-order valence-corrected chi connectivity index (χ0v) is 25.2. The molecule has 9 heteroatoms. The highest BCUT2D eigenvalue weighted by molar-refractivity contribution is 6.00. The molecule has 2 fully saturated rings. The van der Waals surface area contributed by atoms with Gasteiger partial charge in [-0.3, -0.25) is 14.4 Å². The minimum atomic E-state index is -0.948. The van der Waals surface area contributed by atoms with E-state index in [2.05, 4.69) is 21.3 Å². The molecule has 2 aliphatic rings. The highest BCUT2D eigenvalue weighted by atomic mass is 16.3. The van der Waals surface area contributed by atoms with Crippen molar-refractivity contribution in [3.63, 3.8) is 0 Å². The fourth-order valence-electron chi connectivity index (χ4n) is 5.74. The van der Waals surface area contributed by atoms with Crippen LogP contribution in [0.15, 0.2) is 48.5 Å². The Balaban J connectivity index is 1.47. The number of nitrogens with zero attached hydrogens (tertiary/aromatic N) is 1. The molecule has 4 rings (SSSR count). The minimum absolute atomic E-state index is 0.0492. The second-order valence-electron chi connectivity index (χ2n) is 12.0. The molecule has 228 valence electrons. The average Bonchev–Trinajstić information content (AvgIpc) is 3.41. The zero-order valence-electron chi connectivity index (χ0n) is 25.2. The number of hydrogen-bond donors (Lipinski definition) is 5. The lowest BCUT2D eigenvalue weighted by Crippen LogP contribution is -2.53. The molecule has 1 aliphatic carbocycles. The molecule has 1 saturated heterocycles. The summed E-state index contributed by atoms with van der Waals surface area (Å²) in [4.78, 5) is 40.6. The van der Waals surface area contributed by atoms with E-state index in [0.717, 1.165) is 43.4 Å². The van der Waals surface area contributed by atoms with Crippen LogP contribution >= 0.6 is 0 Å². The van der Waals surface area contributed by atoms with Crippen molar-refractivity contribution in [1.29, 1.82) is 0 Å². The molecule has 1 aliphatic heterocycles. The van der Waals surface area contributed by atoms with E-state index < -0.39 is 18.2 Å². The lowest BCUT2D eigenvalue weighted by Gasteiger charge is -2.28. The van der Waals surface area contributed by atoms with Crippen LogP contribution in [0.5, 0.6) is 0 Å². The molecule has 1 heterocycles. The van der Waals surface area contributed by atoms with Crippen molar-refractivity contribution < 1.29 is 19.5 Å². The molecule has 0 bridgehead atoms. The van der Waals surface area contributed by atoms with Gasteiger partial charge in [0.05, 0.1) is 18.2 Å². The van der Waals surface area contributed by atoms with Gasteiger partial charge in [-0.25, -0.2) is 0 Å². The number of aliphatic hydroxyl groups excluding tert-OH is 1. The summed E-state index contributed by atoms with van der Waals surface area (Å²) in [7, 11) is 0. The van der Waals surface area contributed by atoms with Crippen molar-refractivity contribution in [2.75, 3.05) is 23.3 Å². The van der Waals surface area contributed by atoms with Gasteiger partial charge in [-0.05, 0) is 70.2 Å². The van der Waals surface area contributed by atoms with E-state index in [0.29, 0.717) is 30.6 Å². The van der Waals surface area contributed by atoms with Gasteiger partial charge in [-0.2, -0.15) is 0 Å². The number of nitrogens with one attached hydrogen (secondary N) is 4. The Labute approximate surface area is 249 Å². The Morgan fingerprint density at radius 1 is 1.00 bits per heavy atom. The number of benzene rings is 2. The molecule has 2 aromatic rings. The van der Waals surface area contributed by atoms with Gasteiger partial charge in [0.2, 0.25) is 11.8 Å². The van der Waals surface area contributed by atoms with Gasteiger partial charge >= 0.3 is 0 Å². The van der Waals surface area contributed by atoms with Gasteiger partial charge in [-0.1, -0.05) is 49.6 Å². The van der Waals surface area contributed by atoms with E-state index in [1.165, 1.54) is 6.42 Å². The van der Waals surface area contributed by atoms with Crippen LogP contribution in [0.1, 0.15) is 81.6 Å². The van der Waals surface area contributed by atoms with Crippen molar-refractivity contribution >= 4 is 29.1 Å². The Hall–Kier alpha value is -3.43. The highest BCUT2D eigenvalue weighted by Crippen LogP contribution is 2.27. The lowest BCUT2D eigenvalue weighted by atomic mass is 9.95. The zero-order chi connectivity index (χ0) is 30.1. The molecular formula is C33H47N5O4. The number of anilines is 2. The van der Waals surface area contributed by atoms with Crippen molar-refractivity contribution in [2.24, 2.45) is 0 Å². The fraction of sp³-hybridized carbons (Fsp3) is 0.545. The molecule has 1 saturated carbocycles. The molecule has 0 aromatic heterocycles. The highest BCUT2D eigenvalue weighted by Gasteiger charge is 2.27. The number of amides is 3. The van der Waals surface area contributed by atoms with E-state index in [9.17, 15) is 19.5 Å². The number of hydrogen-bond acceptors (Lipinski definition) is 6. The Bertz CT molecular complexity index is 1200. The van der Waals surface area contributed by atoms with Gasteiger partial charge in [0.25, 0.3) is 5.91 Å². The summed E-state index contributed by atoms with van der Waals surface area (Å²) in [5.41, 5.74) is 2.83. The Kier molecular flexibility index (Phi) is 11.4. The summed E-state index contributed by atoms with van der Waals surface area (Å²) >= 11 is 0. The molecule has 0 radical (unpaired) electrons. The van der Waals surface area contributed by atoms with Crippen LogP contribution in [0.25, 0.3) is 0 Å². The topological polar surface area (TPSA) is 123 Å². The molecule has 2 aromatic carbocycles. The maximum Gasteiger partial charge on any atom is 0.251 e. The maximum atomic E-state index is 13.7. The molecule has 1 unspecified atom stereocenters. The summed E-state index contributed by atoms with van der Waals surface area (Å²) in [5.74, 6) is -0.359. The molecule has 0 spiro atoms. The van der Waals surface area contributed by atoms with E-state index in [4.69, 9.17) is 0 Å². The van der Waals surface area contributed by atoms with Crippen LogP contribution in [0.4, 0.5) is 11.4 Å².